The van der Waals surface area contributed by atoms with Crippen molar-refractivity contribution in [2.45, 2.75) is 25.4 Å². The highest BCUT2D eigenvalue weighted by molar-refractivity contribution is 5.78. The number of hydrogen-bond acceptors (Lipinski definition) is 7. The summed E-state index contributed by atoms with van der Waals surface area (Å²) < 4.78 is 44.6. The van der Waals surface area contributed by atoms with Gasteiger partial charge in [0.25, 0.3) is 0 Å². The molecular weight excluding hydrogens is 411 g/mol. The van der Waals surface area contributed by atoms with Crippen molar-refractivity contribution >= 4 is 28.6 Å². The minimum absolute atomic E-state index is 0.0369. The van der Waals surface area contributed by atoms with E-state index in [1.54, 1.807) is 0 Å². The molecule has 31 heavy (non-hydrogen) atoms. The standard InChI is InChI=1S/C20H16F3N7O/c21-12-9-11(7-8-15(12)31-17(22)23)25-19-27-18(24)28-20(29-19)30-14-4-2-1-3-13(14)26-16(30)10-5-6-10/h1-4,7-10,17H,5-6H2,(H3,24,25,27,28,29). The largest absolute Gasteiger partial charge is 0.432 e. The number of anilines is 3. The number of nitrogen functional groups attached to an aromatic ring is 1. The number of ether oxygens (including phenoxy) is 1. The summed E-state index contributed by atoms with van der Waals surface area (Å²) in [6, 6.07) is 11.1. The zero-order chi connectivity index (χ0) is 21.5. The number of halogens is 3. The van der Waals surface area contributed by atoms with Crippen LogP contribution in [0, 0.1) is 5.82 Å². The number of alkyl halides is 2. The molecule has 8 nitrogen and oxygen atoms in total. The first kappa shape index (κ1) is 19.1. The summed E-state index contributed by atoms with van der Waals surface area (Å²) in [6.45, 7) is -3.12. The van der Waals surface area contributed by atoms with E-state index in [9.17, 15) is 13.2 Å². The molecule has 11 heteroatoms. The summed E-state index contributed by atoms with van der Waals surface area (Å²) in [5.74, 6) is -0.0343. The summed E-state index contributed by atoms with van der Waals surface area (Å²) in [5, 5.41) is 2.82. The molecule has 0 atom stereocenters. The zero-order valence-corrected chi connectivity index (χ0v) is 16.0. The molecule has 0 radical (unpaired) electrons. The van der Waals surface area contributed by atoms with Crippen LogP contribution >= 0.6 is 0 Å². The van der Waals surface area contributed by atoms with Crippen molar-refractivity contribution < 1.29 is 17.9 Å². The maximum Gasteiger partial charge on any atom is 0.387 e. The van der Waals surface area contributed by atoms with E-state index in [4.69, 9.17) is 10.7 Å². The van der Waals surface area contributed by atoms with E-state index in [0.717, 1.165) is 41.8 Å². The van der Waals surface area contributed by atoms with Gasteiger partial charge in [0.1, 0.15) is 5.82 Å². The third-order valence-corrected chi connectivity index (χ3v) is 4.77. The molecule has 0 spiro atoms. The Kier molecular flexibility index (Phi) is 4.57. The van der Waals surface area contributed by atoms with Crippen LogP contribution in [0.2, 0.25) is 0 Å². The van der Waals surface area contributed by atoms with Gasteiger partial charge in [-0.05, 0) is 37.1 Å². The highest BCUT2D eigenvalue weighted by Crippen LogP contribution is 2.41. The van der Waals surface area contributed by atoms with Gasteiger partial charge in [-0.3, -0.25) is 4.57 Å². The fourth-order valence-electron chi connectivity index (χ4n) is 3.31. The number of fused-ring (bicyclic) bond motifs is 1. The number of para-hydroxylation sites is 2. The highest BCUT2D eigenvalue weighted by atomic mass is 19.3. The van der Waals surface area contributed by atoms with E-state index >= 15 is 0 Å². The number of hydrogen-bond donors (Lipinski definition) is 2. The van der Waals surface area contributed by atoms with Crippen LogP contribution in [0.25, 0.3) is 17.0 Å². The molecule has 3 N–H and O–H groups in total. The van der Waals surface area contributed by atoms with Gasteiger partial charge >= 0.3 is 6.61 Å². The van der Waals surface area contributed by atoms with Gasteiger partial charge in [0.2, 0.25) is 17.8 Å². The van der Waals surface area contributed by atoms with Crippen LogP contribution in [0.5, 0.6) is 5.75 Å². The van der Waals surface area contributed by atoms with Gasteiger partial charge in [-0.1, -0.05) is 12.1 Å². The Labute approximate surface area is 173 Å². The number of benzene rings is 2. The predicted octanol–water partition coefficient (Wildman–Crippen LogP) is 4.15. The Morgan fingerprint density at radius 1 is 1.06 bits per heavy atom. The highest BCUT2D eigenvalue weighted by Gasteiger charge is 2.31. The second-order valence-electron chi connectivity index (χ2n) is 7.03. The number of aromatic nitrogens is 5. The van der Waals surface area contributed by atoms with Gasteiger partial charge in [0.05, 0.1) is 11.0 Å². The first-order valence-electron chi connectivity index (χ1n) is 9.48. The number of nitrogens with two attached hydrogens (primary N) is 1. The quantitative estimate of drug-likeness (QED) is 0.476. The van der Waals surface area contributed by atoms with Gasteiger partial charge in [0.15, 0.2) is 11.6 Å². The SMILES string of the molecule is Nc1nc(Nc2ccc(OC(F)F)c(F)c2)nc(-n2c(C3CC3)nc3ccccc32)n1. The molecule has 4 aromatic rings. The number of imidazole rings is 1. The Morgan fingerprint density at radius 3 is 2.61 bits per heavy atom. The van der Waals surface area contributed by atoms with E-state index in [0.29, 0.717) is 5.92 Å². The average molecular weight is 427 g/mol. The number of rotatable bonds is 6. The van der Waals surface area contributed by atoms with Crippen LogP contribution in [0.4, 0.5) is 30.8 Å². The molecule has 2 aromatic carbocycles. The lowest BCUT2D eigenvalue weighted by atomic mass is 10.3. The molecule has 158 valence electrons. The third kappa shape index (κ3) is 3.81. The van der Waals surface area contributed by atoms with Gasteiger partial charge in [-0.15, -0.1) is 0 Å². The van der Waals surface area contributed by atoms with Crippen molar-refractivity contribution in [3.05, 3.63) is 54.1 Å². The molecule has 0 bridgehead atoms. The lowest BCUT2D eigenvalue weighted by molar-refractivity contribution is -0.0521. The van der Waals surface area contributed by atoms with Crippen molar-refractivity contribution in [3.8, 4) is 11.7 Å². The Balaban J connectivity index is 1.52. The maximum absolute atomic E-state index is 14.0. The predicted molar refractivity (Wildman–Crippen MR) is 107 cm³/mol. The summed E-state index contributed by atoms with van der Waals surface area (Å²) in [4.78, 5) is 17.5. The first-order chi connectivity index (χ1) is 15.0. The van der Waals surface area contributed by atoms with Gasteiger partial charge < -0.3 is 15.8 Å². The molecule has 0 amide bonds. The molecule has 2 aromatic heterocycles. The molecule has 0 aliphatic heterocycles. The van der Waals surface area contributed by atoms with Crippen LogP contribution in [-0.2, 0) is 0 Å². The molecule has 1 aliphatic carbocycles. The van der Waals surface area contributed by atoms with Crippen LogP contribution in [0.3, 0.4) is 0 Å². The van der Waals surface area contributed by atoms with E-state index < -0.39 is 18.2 Å². The van der Waals surface area contributed by atoms with Crippen LogP contribution in [0.1, 0.15) is 24.6 Å². The van der Waals surface area contributed by atoms with Crippen molar-refractivity contribution in [2.75, 3.05) is 11.1 Å². The molecule has 0 unspecified atom stereocenters. The van der Waals surface area contributed by atoms with Crippen molar-refractivity contribution in [1.29, 1.82) is 0 Å². The molecule has 1 aliphatic rings. The lowest BCUT2D eigenvalue weighted by Gasteiger charge is -2.11. The molecule has 0 saturated heterocycles. The minimum Gasteiger partial charge on any atom is -0.432 e. The van der Waals surface area contributed by atoms with Gasteiger partial charge in [-0.25, -0.2) is 9.37 Å². The first-order valence-corrected chi connectivity index (χ1v) is 9.48. The maximum atomic E-state index is 14.0. The van der Waals surface area contributed by atoms with Crippen LogP contribution in [0.15, 0.2) is 42.5 Å². The smallest absolute Gasteiger partial charge is 0.387 e. The van der Waals surface area contributed by atoms with Crippen molar-refractivity contribution in [2.24, 2.45) is 0 Å². The van der Waals surface area contributed by atoms with Crippen LogP contribution in [-0.4, -0.2) is 31.1 Å². The minimum atomic E-state index is -3.12. The van der Waals surface area contributed by atoms with E-state index in [1.807, 2.05) is 28.8 Å². The Hall–Kier alpha value is -3.89. The summed E-state index contributed by atoms with van der Waals surface area (Å²) in [6.07, 6.45) is 2.06. The van der Waals surface area contributed by atoms with Crippen LogP contribution < -0.4 is 15.8 Å². The van der Waals surface area contributed by atoms with E-state index in [-0.39, 0.29) is 23.5 Å². The molecular formula is C20H16F3N7O. The van der Waals surface area contributed by atoms with E-state index in [1.165, 1.54) is 6.07 Å². The van der Waals surface area contributed by atoms with Gasteiger partial charge in [-0.2, -0.15) is 23.7 Å². The number of nitrogens with zero attached hydrogens (tertiary/aromatic N) is 5. The summed E-state index contributed by atoms with van der Waals surface area (Å²) in [5.41, 5.74) is 7.78. The lowest BCUT2D eigenvalue weighted by Crippen LogP contribution is -2.11. The topological polar surface area (TPSA) is 104 Å². The molecule has 5 rings (SSSR count). The normalized spacial score (nSPS) is 13.7. The molecule has 1 saturated carbocycles. The fraction of sp³-hybridized carbons (Fsp3) is 0.200. The fourth-order valence-corrected chi connectivity index (χ4v) is 3.31. The zero-order valence-electron chi connectivity index (χ0n) is 16.0. The van der Waals surface area contributed by atoms with Crippen molar-refractivity contribution in [1.82, 2.24) is 24.5 Å². The third-order valence-electron chi connectivity index (χ3n) is 4.77. The second-order valence-corrected chi connectivity index (χ2v) is 7.03. The van der Waals surface area contributed by atoms with Crippen molar-refractivity contribution in [3.63, 3.8) is 0 Å². The number of nitrogens with one attached hydrogen (secondary N) is 1. The van der Waals surface area contributed by atoms with Gasteiger partial charge in [0, 0.05) is 17.7 Å². The second kappa shape index (κ2) is 7.42. The Morgan fingerprint density at radius 2 is 1.87 bits per heavy atom. The molecule has 1 fully saturated rings. The average Bonchev–Trinajstić information content (AvgIpc) is 3.49. The summed E-state index contributed by atoms with van der Waals surface area (Å²) >= 11 is 0. The monoisotopic (exact) mass is 427 g/mol. The Bertz CT molecular complexity index is 1270. The summed E-state index contributed by atoms with van der Waals surface area (Å²) in [7, 11) is 0. The molecule has 2 heterocycles. The van der Waals surface area contributed by atoms with E-state index in [2.05, 4.69) is 25.0 Å².